The number of alkyl halides is 3. The van der Waals surface area contributed by atoms with E-state index in [1.54, 1.807) is 0 Å². The Morgan fingerprint density at radius 2 is 1.71 bits per heavy atom. The molecule has 0 heterocycles. The van der Waals surface area contributed by atoms with E-state index in [0.717, 1.165) is 17.7 Å². The van der Waals surface area contributed by atoms with Crippen LogP contribution in [-0.2, 0) is 9.59 Å². The van der Waals surface area contributed by atoms with Gasteiger partial charge in [-0.2, -0.15) is 13.2 Å². The number of carboxylic acids is 1. The molecule has 1 N–H and O–H groups in total. The first-order valence-electron chi connectivity index (χ1n) is 7.13. The van der Waals surface area contributed by atoms with Crippen LogP contribution in [0, 0.1) is 5.41 Å². The number of amides is 1. The third-order valence-electron chi connectivity index (χ3n) is 4.01. The standard InChI is InChI=1S/C14H22F3NO3/c1-10(2)18(9-14(15,16)17)11(19)7-13(8-12(20)21)5-3-4-6-13/h10H,3-9H2,1-2H3,(H,20,21). The molecule has 1 saturated carbocycles. The van der Waals surface area contributed by atoms with Gasteiger partial charge in [-0.3, -0.25) is 9.59 Å². The van der Waals surface area contributed by atoms with Crippen LogP contribution in [0.4, 0.5) is 13.2 Å². The average Bonchev–Trinajstić information content (AvgIpc) is 2.71. The SMILES string of the molecule is CC(C)N(CC(F)(F)F)C(=O)CC1(CC(=O)O)CCCC1. The van der Waals surface area contributed by atoms with E-state index in [9.17, 15) is 22.8 Å². The van der Waals surface area contributed by atoms with Crippen molar-refractivity contribution < 1.29 is 27.9 Å². The first-order chi connectivity index (χ1) is 9.55. The second kappa shape index (κ2) is 6.66. The smallest absolute Gasteiger partial charge is 0.406 e. The number of carbonyl (C=O) groups excluding carboxylic acids is 1. The van der Waals surface area contributed by atoms with Gasteiger partial charge in [-0.25, -0.2) is 0 Å². The van der Waals surface area contributed by atoms with Crippen molar-refractivity contribution in [1.82, 2.24) is 4.90 Å². The summed E-state index contributed by atoms with van der Waals surface area (Å²) in [5.41, 5.74) is -0.679. The second-order valence-electron chi connectivity index (χ2n) is 6.18. The van der Waals surface area contributed by atoms with Gasteiger partial charge in [-0.05, 0) is 32.1 Å². The Kier molecular flexibility index (Phi) is 5.64. The normalized spacial score (nSPS) is 18.0. The minimum Gasteiger partial charge on any atom is -0.481 e. The summed E-state index contributed by atoms with van der Waals surface area (Å²) in [6.45, 7) is 1.77. The quantitative estimate of drug-likeness (QED) is 0.819. The maximum absolute atomic E-state index is 12.6. The van der Waals surface area contributed by atoms with Gasteiger partial charge in [-0.15, -0.1) is 0 Å². The van der Waals surface area contributed by atoms with E-state index in [1.165, 1.54) is 13.8 Å². The number of nitrogens with zero attached hydrogens (tertiary/aromatic N) is 1. The highest BCUT2D eigenvalue weighted by Crippen LogP contribution is 2.44. The highest BCUT2D eigenvalue weighted by molar-refractivity contribution is 5.78. The maximum Gasteiger partial charge on any atom is 0.406 e. The molecule has 0 saturated heterocycles. The predicted molar refractivity (Wildman–Crippen MR) is 70.7 cm³/mol. The van der Waals surface area contributed by atoms with Gasteiger partial charge in [0.1, 0.15) is 6.54 Å². The number of rotatable bonds is 6. The molecule has 0 aromatic heterocycles. The van der Waals surface area contributed by atoms with Crippen LogP contribution >= 0.6 is 0 Å². The van der Waals surface area contributed by atoms with Crippen molar-refractivity contribution >= 4 is 11.9 Å². The summed E-state index contributed by atoms with van der Waals surface area (Å²) >= 11 is 0. The van der Waals surface area contributed by atoms with Crippen molar-refractivity contribution in [3.05, 3.63) is 0 Å². The van der Waals surface area contributed by atoms with Crippen molar-refractivity contribution in [2.45, 2.75) is 64.6 Å². The summed E-state index contributed by atoms with van der Waals surface area (Å²) in [6.07, 6.45) is -1.91. The van der Waals surface area contributed by atoms with Crippen LogP contribution in [0.1, 0.15) is 52.4 Å². The van der Waals surface area contributed by atoms with Gasteiger partial charge >= 0.3 is 12.1 Å². The Hall–Kier alpha value is -1.27. The van der Waals surface area contributed by atoms with Gasteiger partial charge in [0.2, 0.25) is 5.91 Å². The number of carboxylic acid groups (broad SMARTS) is 1. The summed E-state index contributed by atoms with van der Waals surface area (Å²) in [6, 6.07) is -0.567. The predicted octanol–water partition coefficient (Wildman–Crippen LogP) is 3.21. The van der Waals surface area contributed by atoms with E-state index in [0.29, 0.717) is 12.8 Å². The largest absolute Gasteiger partial charge is 0.481 e. The van der Waals surface area contributed by atoms with Crippen LogP contribution in [0.3, 0.4) is 0 Å². The average molecular weight is 309 g/mol. The summed E-state index contributed by atoms with van der Waals surface area (Å²) in [5.74, 6) is -1.61. The molecule has 7 heteroatoms. The first kappa shape index (κ1) is 17.8. The van der Waals surface area contributed by atoms with E-state index >= 15 is 0 Å². The zero-order valence-electron chi connectivity index (χ0n) is 12.4. The molecule has 0 aromatic rings. The van der Waals surface area contributed by atoms with Crippen molar-refractivity contribution in [3.8, 4) is 0 Å². The molecule has 21 heavy (non-hydrogen) atoms. The second-order valence-corrected chi connectivity index (χ2v) is 6.18. The molecule has 1 fully saturated rings. The van der Waals surface area contributed by atoms with E-state index in [1.807, 2.05) is 0 Å². The summed E-state index contributed by atoms with van der Waals surface area (Å²) < 4.78 is 37.7. The van der Waals surface area contributed by atoms with E-state index in [2.05, 4.69) is 0 Å². The molecule has 0 radical (unpaired) electrons. The van der Waals surface area contributed by atoms with Gasteiger partial charge in [-0.1, -0.05) is 12.8 Å². The summed E-state index contributed by atoms with van der Waals surface area (Å²) in [5, 5.41) is 8.98. The highest BCUT2D eigenvalue weighted by Gasteiger charge is 2.41. The third kappa shape index (κ3) is 5.55. The molecule has 1 amide bonds. The highest BCUT2D eigenvalue weighted by atomic mass is 19.4. The molecule has 0 unspecified atom stereocenters. The maximum atomic E-state index is 12.6. The fourth-order valence-electron chi connectivity index (χ4n) is 3.04. The van der Waals surface area contributed by atoms with Crippen molar-refractivity contribution in [3.63, 3.8) is 0 Å². The molecular weight excluding hydrogens is 287 g/mol. The number of aliphatic carboxylic acids is 1. The lowest BCUT2D eigenvalue weighted by Crippen LogP contribution is -2.45. The molecule has 0 spiro atoms. The summed E-state index contributed by atoms with van der Waals surface area (Å²) in [4.78, 5) is 24.0. The molecule has 0 aromatic carbocycles. The molecule has 122 valence electrons. The lowest BCUT2D eigenvalue weighted by atomic mass is 9.79. The molecule has 0 aliphatic heterocycles. The minimum atomic E-state index is -4.45. The Morgan fingerprint density at radius 1 is 1.19 bits per heavy atom. The zero-order chi connectivity index (χ0) is 16.3. The lowest BCUT2D eigenvalue weighted by Gasteiger charge is -2.33. The Bertz CT molecular complexity index is 387. The van der Waals surface area contributed by atoms with Crippen LogP contribution in [0.25, 0.3) is 0 Å². The van der Waals surface area contributed by atoms with Gasteiger partial charge in [0.25, 0.3) is 0 Å². The molecule has 0 atom stereocenters. The van der Waals surface area contributed by atoms with Crippen LogP contribution in [0.2, 0.25) is 0 Å². The molecular formula is C14H22F3NO3. The number of hydrogen-bond donors (Lipinski definition) is 1. The Balaban J connectivity index is 2.81. The van der Waals surface area contributed by atoms with Crippen LogP contribution in [0.15, 0.2) is 0 Å². The van der Waals surface area contributed by atoms with E-state index in [-0.39, 0.29) is 12.8 Å². The van der Waals surface area contributed by atoms with Gasteiger partial charge in [0, 0.05) is 12.5 Å². The number of halogens is 3. The molecule has 0 bridgehead atoms. The fourth-order valence-corrected chi connectivity index (χ4v) is 3.04. The molecule has 1 rings (SSSR count). The minimum absolute atomic E-state index is 0.118. The Morgan fingerprint density at radius 3 is 2.10 bits per heavy atom. The van der Waals surface area contributed by atoms with Crippen LogP contribution in [0.5, 0.6) is 0 Å². The zero-order valence-corrected chi connectivity index (χ0v) is 12.4. The van der Waals surface area contributed by atoms with Crippen molar-refractivity contribution in [2.24, 2.45) is 5.41 Å². The topological polar surface area (TPSA) is 57.6 Å². The van der Waals surface area contributed by atoms with Gasteiger partial charge in [0.15, 0.2) is 0 Å². The van der Waals surface area contributed by atoms with Gasteiger partial charge in [0.05, 0.1) is 6.42 Å². The lowest BCUT2D eigenvalue weighted by molar-refractivity contribution is -0.166. The Labute approximate surface area is 122 Å². The van der Waals surface area contributed by atoms with Crippen LogP contribution < -0.4 is 0 Å². The summed E-state index contributed by atoms with van der Waals surface area (Å²) in [7, 11) is 0. The van der Waals surface area contributed by atoms with Gasteiger partial charge < -0.3 is 10.0 Å². The molecule has 4 nitrogen and oxygen atoms in total. The monoisotopic (exact) mass is 309 g/mol. The number of hydrogen-bond acceptors (Lipinski definition) is 2. The third-order valence-corrected chi connectivity index (χ3v) is 4.01. The van der Waals surface area contributed by atoms with E-state index in [4.69, 9.17) is 5.11 Å². The van der Waals surface area contributed by atoms with Crippen LogP contribution in [-0.4, -0.2) is 40.6 Å². The first-order valence-corrected chi connectivity index (χ1v) is 7.13. The van der Waals surface area contributed by atoms with Crippen molar-refractivity contribution in [1.29, 1.82) is 0 Å². The molecule has 1 aliphatic carbocycles. The van der Waals surface area contributed by atoms with E-state index < -0.39 is 36.1 Å². The van der Waals surface area contributed by atoms with Crippen molar-refractivity contribution in [2.75, 3.05) is 6.54 Å². The fraction of sp³-hybridized carbons (Fsp3) is 0.857. The molecule has 1 aliphatic rings. The number of carbonyl (C=O) groups is 2.